The summed E-state index contributed by atoms with van der Waals surface area (Å²) in [4.78, 5) is 0. The Bertz CT molecular complexity index is 574. The zero-order valence-corrected chi connectivity index (χ0v) is 11.4. The van der Waals surface area contributed by atoms with Crippen LogP contribution in [0.4, 0.5) is 39.5 Å². The lowest BCUT2D eigenvalue weighted by atomic mass is 9.77. The molecule has 0 fully saturated rings. The van der Waals surface area contributed by atoms with Crippen LogP contribution in [0.3, 0.4) is 0 Å². The molecule has 1 aromatic rings. The van der Waals surface area contributed by atoms with Gasteiger partial charge in [0, 0.05) is 5.92 Å². The fourth-order valence-electron chi connectivity index (χ4n) is 2.65. The Morgan fingerprint density at radius 1 is 0.739 bits per heavy atom. The van der Waals surface area contributed by atoms with Gasteiger partial charge in [-0.05, 0) is 30.4 Å². The largest absolute Gasteiger partial charge is 0.460 e. The summed E-state index contributed by atoms with van der Waals surface area (Å²) in [6.45, 7) is 0. The molecular formula is C14H11F9. The van der Waals surface area contributed by atoms with E-state index in [1.54, 1.807) is 12.1 Å². The van der Waals surface area contributed by atoms with Crippen LogP contribution in [0.25, 0.3) is 0 Å². The smallest absolute Gasteiger partial charge is 0.199 e. The minimum Gasteiger partial charge on any atom is -0.199 e. The summed E-state index contributed by atoms with van der Waals surface area (Å²) in [5, 5.41) is 0. The number of alkyl halides is 9. The zero-order valence-electron chi connectivity index (χ0n) is 11.4. The Labute approximate surface area is 125 Å². The number of rotatable bonds is 3. The molecule has 1 unspecified atom stereocenters. The maximum atomic E-state index is 13.9. The molecule has 2 rings (SSSR count). The van der Waals surface area contributed by atoms with Crippen LogP contribution >= 0.6 is 0 Å². The molecular weight excluding hydrogens is 339 g/mol. The van der Waals surface area contributed by atoms with Gasteiger partial charge in [0.1, 0.15) is 0 Å². The molecule has 1 atom stereocenters. The summed E-state index contributed by atoms with van der Waals surface area (Å²) < 4.78 is 117. The van der Waals surface area contributed by atoms with Crippen molar-refractivity contribution in [2.75, 3.05) is 0 Å². The van der Waals surface area contributed by atoms with Crippen LogP contribution in [0.5, 0.6) is 0 Å². The van der Waals surface area contributed by atoms with Crippen molar-refractivity contribution >= 4 is 0 Å². The second kappa shape index (κ2) is 5.31. The van der Waals surface area contributed by atoms with Crippen LogP contribution in [-0.2, 0) is 12.8 Å². The topological polar surface area (TPSA) is 0 Å². The molecule has 0 nitrogen and oxygen atoms in total. The second-order valence-electron chi connectivity index (χ2n) is 5.48. The van der Waals surface area contributed by atoms with E-state index in [2.05, 4.69) is 0 Å². The average molecular weight is 350 g/mol. The van der Waals surface area contributed by atoms with Crippen molar-refractivity contribution in [3.05, 3.63) is 35.4 Å². The molecule has 130 valence electrons. The summed E-state index contributed by atoms with van der Waals surface area (Å²) in [7, 11) is 0. The van der Waals surface area contributed by atoms with Crippen molar-refractivity contribution in [3.63, 3.8) is 0 Å². The molecule has 0 aromatic heterocycles. The first-order chi connectivity index (χ1) is 10.3. The van der Waals surface area contributed by atoms with E-state index in [0.29, 0.717) is 5.56 Å². The van der Waals surface area contributed by atoms with Gasteiger partial charge in [0.15, 0.2) is 0 Å². The fourth-order valence-corrected chi connectivity index (χ4v) is 2.65. The summed E-state index contributed by atoms with van der Waals surface area (Å²) in [6, 6.07) is 5.95. The molecule has 1 aliphatic rings. The van der Waals surface area contributed by atoms with Gasteiger partial charge in [0.25, 0.3) is 0 Å². The minimum absolute atomic E-state index is 0.0932. The Morgan fingerprint density at radius 3 is 1.78 bits per heavy atom. The SMILES string of the molecule is FC(F)(F)C(F)(F)C(F)(F)C(F)(F)C1CCc2ccccc2C1. The maximum absolute atomic E-state index is 13.9. The minimum atomic E-state index is -6.82. The van der Waals surface area contributed by atoms with Gasteiger partial charge < -0.3 is 0 Å². The summed E-state index contributed by atoms with van der Waals surface area (Å²) in [5.74, 6) is -21.2. The molecule has 1 aromatic carbocycles. The third-order valence-electron chi connectivity index (χ3n) is 4.03. The number of benzene rings is 1. The number of aryl methyl sites for hydroxylation is 1. The number of hydrogen-bond donors (Lipinski definition) is 0. The normalized spacial score (nSPS) is 20.3. The first kappa shape index (κ1) is 17.9. The quantitative estimate of drug-likeness (QED) is 0.653. The fraction of sp³-hybridized carbons (Fsp3) is 0.571. The van der Waals surface area contributed by atoms with Crippen molar-refractivity contribution in [1.29, 1.82) is 0 Å². The van der Waals surface area contributed by atoms with E-state index in [1.165, 1.54) is 12.1 Å². The third-order valence-corrected chi connectivity index (χ3v) is 4.03. The molecule has 0 amide bonds. The molecule has 0 N–H and O–H groups in total. The van der Waals surface area contributed by atoms with E-state index in [4.69, 9.17) is 0 Å². The van der Waals surface area contributed by atoms with Gasteiger partial charge in [-0.2, -0.15) is 39.5 Å². The van der Waals surface area contributed by atoms with Crippen molar-refractivity contribution < 1.29 is 39.5 Å². The number of hydrogen-bond acceptors (Lipinski definition) is 0. The highest BCUT2D eigenvalue weighted by Crippen LogP contribution is 2.56. The number of halogens is 9. The van der Waals surface area contributed by atoms with E-state index in [1.807, 2.05) is 0 Å². The molecule has 0 heterocycles. The highest BCUT2D eigenvalue weighted by atomic mass is 19.4. The Balaban J connectivity index is 2.35. The lowest BCUT2D eigenvalue weighted by molar-refractivity contribution is -0.403. The molecule has 0 aliphatic heterocycles. The van der Waals surface area contributed by atoms with Crippen molar-refractivity contribution in [2.45, 2.75) is 43.2 Å². The highest BCUT2D eigenvalue weighted by molar-refractivity contribution is 5.30. The molecule has 9 heteroatoms. The predicted molar refractivity (Wildman–Crippen MR) is 62.9 cm³/mol. The third kappa shape index (κ3) is 2.67. The first-order valence-electron chi connectivity index (χ1n) is 6.59. The molecule has 0 radical (unpaired) electrons. The molecule has 1 aliphatic carbocycles. The van der Waals surface area contributed by atoms with Crippen LogP contribution in [0, 0.1) is 5.92 Å². The summed E-state index contributed by atoms with van der Waals surface area (Å²) >= 11 is 0. The van der Waals surface area contributed by atoms with E-state index >= 15 is 0 Å². The molecule has 0 saturated carbocycles. The van der Waals surface area contributed by atoms with Crippen molar-refractivity contribution in [3.8, 4) is 0 Å². The molecule has 23 heavy (non-hydrogen) atoms. The predicted octanol–water partition coefficient (Wildman–Crippen LogP) is 5.26. The standard InChI is InChI=1S/C14H11F9/c15-11(16,12(17,18)13(19,20)14(21,22)23)10-6-5-8-3-1-2-4-9(8)7-10/h1-4,10H,5-7H2. The van der Waals surface area contributed by atoms with Crippen molar-refractivity contribution in [2.24, 2.45) is 5.92 Å². The van der Waals surface area contributed by atoms with Gasteiger partial charge in [-0.1, -0.05) is 24.3 Å². The van der Waals surface area contributed by atoms with Gasteiger partial charge in [-0.15, -0.1) is 0 Å². The zero-order chi connectivity index (χ0) is 17.7. The van der Waals surface area contributed by atoms with Gasteiger partial charge in [0.05, 0.1) is 0 Å². The van der Waals surface area contributed by atoms with Crippen molar-refractivity contribution in [1.82, 2.24) is 0 Å². The highest BCUT2D eigenvalue weighted by Gasteiger charge is 2.82. The van der Waals surface area contributed by atoms with E-state index in [9.17, 15) is 39.5 Å². The Kier molecular flexibility index (Phi) is 4.14. The van der Waals surface area contributed by atoms with Gasteiger partial charge >= 0.3 is 23.9 Å². The van der Waals surface area contributed by atoms with Crippen LogP contribution in [-0.4, -0.2) is 23.9 Å². The van der Waals surface area contributed by atoms with Crippen LogP contribution in [0.2, 0.25) is 0 Å². The molecule has 0 spiro atoms. The average Bonchev–Trinajstić information content (AvgIpc) is 2.45. The van der Waals surface area contributed by atoms with E-state index < -0.39 is 42.7 Å². The van der Waals surface area contributed by atoms with E-state index in [-0.39, 0.29) is 12.0 Å². The van der Waals surface area contributed by atoms with Gasteiger partial charge in [-0.3, -0.25) is 0 Å². The Morgan fingerprint density at radius 2 is 1.26 bits per heavy atom. The maximum Gasteiger partial charge on any atom is 0.460 e. The van der Waals surface area contributed by atoms with Gasteiger partial charge in [-0.25, -0.2) is 0 Å². The lowest BCUT2D eigenvalue weighted by Gasteiger charge is -2.39. The monoisotopic (exact) mass is 350 g/mol. The van der Waals surface area contributed by atoms with Crippen LogP contribution in [0.1, 0.15) is 17.5 Å². The van der Waals surface area contributed by atoms with Crippen LogP contribution < -0.4 is 0 Å². The van der Waals surface area contributed by atoms with Crippen LogP contribution in [0.15, 0.2) is 24.3 Å². The summed E-state index contributed by atoms with van der Waals surface area (Å²) in [6.07, 6.45) is -8.16. The van der Waals surface area contributed by atoms with E-state index in [0.717, 1.165) is 0 Å². The summed E-state index contributed by atoms with van der Waals surface area (Å²) in [5.41, 5.74) is 0.833. The Hall–Kier alpha value is -1.41. The van der Waals surface area contributed by atoms with Gasteiger partial charge in [0.2, 0.25) is 0 Å². The molecule has 0 bridgehead atoms. The lowest BCUT2D eigenvalue weighted by Crippen LogP contribution is -2.63. The molecule has 0 saturated heterocycles. The number of fused-ring (bicyclic) bond motifs is 1. The second-order valence-corrected chi connectivity index (χ2v) is 5.48. The first-order valence-corrected chi connectivity index (χ1v) is 6.59.